The summed E-state index contributed by atoms with van der Waals surface area (Å²) in [6.45, 7) is 6.53. The number of aliphatic hydroxyl groups excluding tert-OH is 1. The molecule has 1 aromatic heterocycles. The molecule has 0 amide bonds. The zero-order valence-corrected chi connectivity index (χ0v) is 17.7. The Labute approximate surface area is 173 Å². The molecule has 1 unspecified atom stereocenters. The van der Waals surface area contributed by atoms with E-state index in [2.05, 4.69) is 26.0 Å². The minimum absolute atomic E-state index is 0.317. The zero-order valence-electron chi connectivity index (χ0n) is 17.7. The van der Waals surface area contributed by atoms with E-state index in [1.165, 1.54) is 25.7 Å². The van der Waals surface area contributed by atoms with Crippen molar-refractivity contribution in [2.75, 3.05) is 33.3 Å². The summed E-state index contributed by atoms with van der Waals surface area (Å²) in [6.07, 6.45) is 5.37. The highest BCUT2D eigenvalue weighted by molar-refractivity contribution is 5.28. The van der Waals surface area contributed by atoms with Crippen molar-refractivity contribution in [3.8, 4) is 5.75 Å². The molecule has 2 heterocycles. The van der Waals surface area contributed by atoms with Gasteiger partial charge in [0.25, 0.3) is 0 Å². The SMILES string of the molecule is CCc1noc(CN(C)Cc2cccc(OCC(O)CN3CCCCCC3)c2)n1. The molecule has 7 nitrogen and oxygen atoms in total. The molecule has 0 radical (unpaired) electrons. The summed E-state index contributed by atoms with van der Waals surface area (Å²) < 4.78 is 11.1. The molecule has 0 spiro atoms. The van der Waals surface area contributed by atoms with E-state index in [4.69, 9.17) is 9.26 Å². The molecule has 1 aliphatic heterocycles. The minimum Gasteiger partial charge on any atom is -0.491 e. The number of aryl methyl sites for hydroxylation is 1. The van der Waals surface area contributed by atoms with Crippen molar-refractivity contribution >= 4 is 0 Å². The highest BCUT2D eigenvalue weighted by Gasteiger charge is 2.14. The highest BCUT2D eigenvalue weighted by atomic mass is 16.5. The number of β-amino-alcohol motifs (C(OH)–C–C–N with tert-alkyl or cyclic N) is 1. The second-order valence-corrected chi connectivity index (χ2v) is 7.96. The number of aliphatic hydroxyl groups is 1. The average molecular weight is 403 g/mol. The molecule has 0 saturated carbocycles. The summed E-state index contributed by atoms with van der Waals surface area (Å²) in [5.41, 5.74) is 1.14. The molecule has 1 aromatic carbocycles. The van der Waals surface area contributed by atoms with E-state index >= 15 is 0 Å². The van der Waals surface area contributed by atoms with E-state index in [-0.39, 0.29) is 0 Å². The summed E-state index contributed by atoms with van der Waals surface area (Å²) in [5, 5.41) is 14.3. The van der Waals surface area contributed by atoms with Crippen LogP contribution >= 0.6 is 0 Å². The number of benzene rings is 1. The maximum absolute atomic E-state index is 10.4. The molecule has 29 heavy (non-hydrogen) atoms. The van der Waals surface area contributed by atoms with Crippen LogP contribution in [0.25, 0.3) is 0 Å². The van der Waals surface area contributed by atoms with Crippen LogP contribution in [-0.2, 0) is 19.5 Å². The first kappa shape index (κ1) is 21.7. The van der Waals surface area contributed by atoms with Crippen LogP contribution in [0.3, 0.4) is 0 Å². The molecule has 0 bridgehead atoms. The van der Waals surface area contributed by atoms with Crippen molar-refractivity contribution in [1.82, 2.24) is 19.9 Å². The predicted octanol–water partition coefficient (Wildman–Crippen LogP) is 2.88. The largest absolute Gasteiger partial charge is 0.491 e. The summed E-state index contributed by atoms with van der Waals surface area (Å²) in [5.74, 6) is 2.16. The maximum atomic E-state index is 10.4. The maximum Gasteiger partial charge on any atom is 0.240 e. The third kappa shape index (κ3) is 7.42. The van der Waals surface area contributed by atoms with E-state index in [1.54, 1.807) is 0 Å². The molecule has 3 rings (SSSR count). The first-order chi connectivity index (χ1) is 14.1. The van der Waals surface area contributed by atoms with Crippen molar-refractivity contribution < 1.29 is 14.4 Å². The fourth-order valence-corrected chi connectivity index (χ4v) is 3.69. The topological polar surface area (TPSA) is 74.9 Å². The van der Waals surface area contributed by atoms with E-state index in [0.29, 0.717) is 25.6 Å². The van der Waals surface area contributed by atoms with Gasteiger partial charge < -0.3 is 19.3 Å². The fraction of sp³-hybridized carbons (Fsp3) is 0.636. The molecular weight excluding hydrogens is 368 g/mol. The van der Waals surface area contributed by atoms with E-state index in [0.717, 1.165) is 43.2 Å². The van der Waals surface area contributed by atoms with Gasteiger partial charge in [0.2, 0.25) is 5.89 Å². The smallest absolute Gasteiger partial charge is 0.240 e. The van der Waals surface area contributed by atoms with Gasteiger partial charge in [-0.15, -0.1) is 0 Å². The van der Waals surface area contributed by atoms with Crippen LogP contribution in [0.5, 0.6) is 5.75 Å². The number of rotatable bonds is 10. The molecule has 1 atom stereocenters. The number of likely N-dealkylation sites (tertiary alicyclic amines) is 1. The Hall–Kier alpha value is -1.96. The van der Waals surface area contributed by atoms with Gasteiger partial charge in [-0.05, 0) is 50.7 Å². The minimum atomic E-state index is -0.468. The molecule has 160 valence electrons. The summed E-state index contributed by atoms with van der Waals surface area (Å²) in [7, 11) is 2.02. The number of nitrogens with zero attached hydrogens (tertiary/aromatic N) is 4. The van der Waals surface area contributed by atoms with Gasteiger partial charge in [-0.2, -0.15) is 4.98 Å². The first-order valence-electron chi connectivity index (χ1n) is 10.7. The van der Waals surface area contributed by atoms with Crippen LogP contribution in [0.4, 0.5) is 0 Å². The molecule has 1 saturated heterocycles. The molecular formula is C22H34N4O3. The van der Waals surface area contributed by atoms with Gasteiger partial charge >= 0.3 is 0 Å². The van der Waals surface area contributed by atoms with Gasteiger partial charge in [0.1, 0.15) is 18.5 Å². The summed E-state index contributed by atoms with van der Waals surface area (Å²) in [6, 6.07) is 8.03. The quantitative estimate of drug-likeness (QED) is 0.655. The Morgan fingerprint density at radius 1 is 1.21 bits per heavy atom. The van der Waals surface area contributed by atoms with Crippen LogP contribution in [0, 0.1) is 0 Å². The van der Waals surface area contributed by atoms with Crippen LogP contribution < -0.4 is 4.74 Å². The van der Waals surface area contributed by atoms with E-state index in [1.807, 2.05) is 32.2 Å². The highest BCUT2D eigenvalue weighted by Crippen LogP contribution is 2.16. The van der Waals surface area contributed by atoms with Crippen molar-refractivity contribution in [2.24, 2.45) is 0 Å². The van der Waals surface area contributed by atoms with Crippen LogP contribution in [0.1, 0.15) is 49.9 Å². The molecule has 1 aliphatic rings. The standard InChI is InChI=1S/C22H34N4O3/c1-3-21-23-22(29-24-21)16-25(2)14-18-9-8-10-20(13-18)28-17-19(27)15-26-11-6-4-5-7-12-26/h8-10,13,19,27H,3-7,11-12,14-17H2,1-2H3. The fourth-order valence-electron chi connectivity index (χ4n) is 3.69. The normalized spacial score (nSPS) is 16.7. The average Bonchev–Trinajstić information content (AvgIpc) is 3.00. The van der Waals surface area contributed by atoms with E-state index < -0.39 is 6.10 Å². The van der Waals surface area contributed by atoms with Crippen LogP contribution in [0.15, 0.2) is 28.8 Å². The van der Waals surface area contributed by atoms with Crippen molar-refractivity contribution in [1.29, 1.82) is 0 Å². The van der Waals surface area contributed by atoms with Crippen molar-refractivity contribution in [2.45, 2.75) is 58.2 Å². The Kier molecular flexibility index (Phi) is 8.46. The number of aromatic nitrogens is 2. The zero-order chi connectivity index (χ0) is 20.5. The second-order valence-electron chi connectivity index (χ2n) is 7.96. The van der Waals surface area contributed by atoms with Crippen LogP contribution in [0.2, 0.25) is 0 Å². The number of hydrogen-bond acceptors (Lipinski definition) is 7. The van der Waals surface area contributed by atoms with Gasteiger partial charge in [-0.1, -0.05) is 37.1 Å². The number of ether oxygens (including phenoxy) is 1. The van der Waals surface area contributed by atoms with Gasteiger partial charge in [-0.3, -0.25) is 4.90 Å². The van der Waals surface area contributed by atoms with Crippen molar-refractivity contribution in [3.05, 3.63) is 41.5 Å². The molecule has 0 aliphatic carbocycles. The predicted molar refractivity (Wildman–Crippen MR) is 112 cm³/mol. The Morgan fingerprint density at radius 2 is 2.00 bits per heavy atom. The van der Waals surface area contributed by atoms with Crippen LogP contribution in [-0.4, -0.2) is 64.4 Å². The Bertz CT molecular complexity index is 728. The molecule has 7 heteroatoms. The van der Waals surface area contributed by atoms with E-state index in [9.17, 15) is 5.11 Å². The Morgan fingerprint density at radius 3 is 2.72 bits per heavy atom. The van der Waals surface area contributed by atoms with Gasteiger partial charge in [0, 0.05) is 19.5 Å². The lowest BCUT2D eigenvalue weighted by Gasteiger charge is -2.23. The second kappa shape index (κ2) is 11.3. The lowest BCUT2D eigenvalue weighted by Crippen LogP contribution is -2.36. The third-order valence-corrected chi connectivity index (χ3v) is 5.19. The molecule has 1 fully saturated rings. The van der Waals surface area contributed by atoms with Gasteiger partial charge in [0.15, 0.2) is 5.82 Å². The van der Waals surface area contributed by atoms with Gasteiger partial charge in [-0.25, -0.2) is 0 Å². The lowest BCUT2D eigenvalue weighted by molar-refractivity contribution is 0.0693. The monoisotopic (exact) mass is 402 g/mol. The lowest BCUT2D eigenvalue weighted by atomic mass is 10.2. The first-order valence-corrected chi connectivity index (χ1v) is 10.7. The molecule has 2 aromatic rings. The third-order valence-electron chi connectivity index (χ3n) is 5.19. The van der Waals surface area contributed by atoms with Gasteiger partial charge in [0.05, 0.1) is 6.54 Å². The Balaban J connectivity index is 1.44. The van der Waals surface area contributed by atoms with Crippen molar-refractivity contribution in [3.63, 3.8) is 0 Å². The number of hydrogen-bond donors (Lipinski definition) is 1. The summed E-state index contributed by atoms with van der Waals surface area (Å²) >= 11 is 0. The molecule has 1 N–H and O–H groups in total. The summed E-state index contributed by atoms with van der Waals surface area (Å²) in [4.78, 5) is 8.83.